The Labute approximate surface area is 75.9 Å². The molecule has 0 saturated heterocycles. The van der Waals surface area contributed by atoms with Gasteiger partial charge in [0.25, 0.3) is 0 Å². The molecule has 1 rings (SSSR count). The summed E-state index contributed by atoms with van der Waals surface area (Å²) in [6.45, 7) is 0. The molecule has 0 radical (unpaired) electrons. The number of nitrogens with two attached hydrogens (primary N) is 1. The van der Waals surface area contributed by atoms with Crippen LogP contribution in [0.25, 0.3) is 0 Å². The van der Waals surface area contributed by atoms with E-state index in [9.17, 15) is 0 Å². The minimum atomic E-state index is 0.808. The zero-order chi connectivity index (χ0) is 6.85. The number of halogens is 2. The molecule has 1 aromatic carbocycles. The number of hydrogen-bond acceptors (Lipinski definition) is 1. The second-order valence-electron chi connectivity index (χ2n) is 1.67. The third kappa shape index (κ3) is 1.82. The van der Waals surface area contributed by atoms with Crippen LogP contribution in [0.2, 0.25) is 0 Å². The van der Waals surface area contributed by atoms with Crippen molar-refractivity contribution in [2.75, 3.05) is 5.73 Å². The lowest BCUT2D eigenvalue weighted by molar-refractivity contribution is 1.58. The molecule has 0 spiro atoms. The summed E-state index contributed by atoms with van der Waals surface area (Å²) >= 11 is 5.59. The molecule has 0 aromatic heterocycles. The van der Waals surface area contributed by atoms with Crippen LogP contribution in [-0.4, -0.2) is 0 Å². The normalized spacial score (nSPS) is 9.56. The number of hydrogen-bond donors (Lipinski definition) is 1. The zero-order valence-corrected chi connectivity index (χ0v) is 8.31. The Kier molecular flexibility index (Phi) is 2.35. The third-order valence-electron chi connectivity index (χ3n) is 0.944. The van der Waals surface area contributed by atoms with Crippen LogP contribution in [-0.2, 0) is 0 Å². The summed E-state index contributed by atoms with van der Waals surface area (Å²) in [4.78, 5) is 0. The highest BCUT2D eigenvalue weighted by atomic mass is 127. The van der Waals surface area contributed by atoms with Gasteiger partial charge >= 0.3 is 0 Å². The maximum Gasteiger partial charge on any atom is 0.0325 e. The minimum absolute atomic E-state index is 0.808. The lowest BCUT2D eigenvalue weighted by Crippen LogP contribution is -1.84. The molecule has 0 aliphatic heterocycles. The van der Waals surface area contributed by atoms with Gasteiger partial charge in [-0.1, -0.05) is 0 Å². The van der Waals surface area contributed by atoms with Gasteiger partial charge in [0, 0.05) is 13.7 Å². The van der Waals surface area contributed by atoms with Crippen molar-refractivity contribution >= 4 is 44.2 Å². The van der Waals surface area contributed by atoms with E-state index >= 15 is 0 Å². The van der Waals surface area contributed by atoms with Crippen LogP contribution in [0.5, 0.6) is 0 Å². The van der Waals surface area contributed by atoms with Gasteiger partial charge in [-0.2, -0.15) is 0 Å². The summed E-state index contributed by atoms with van der Waals surface area (Å²) in [5.74, 6) is 0. The lowest BCUT2D eigenvalue weighted by atomic mass is 10.3. The summed E-state index contributed by atoms with van der Waals surface area (Å²) in [5.41, 5.74) is 6.31. The Balaban J connectivity index is 3.17. The van der Waals surface area contributed by atoms with Gasteiger partial charge in [0.2, 0.25) is 0 Å². The van der Waals surface area contributed by atoms with Crippen LogP contribution in [0.4, 0.5) is 5.69 Å². The van der Waals surface area contributed by atoms with Gasteiger partial charge in [-0.05, 0) is 56.7 Å². The molecule has 1 nitrogen and oxygen atoms in total. The molecular weight excluding hydrogens is 293 g/mol. The van der Waals surface area contributed by atoms with Gasteiger partial charge in [0.15, 0.2) is 0 Å². The van der Waals surface area contributed by atoms with Crippen LogP contribution < -0.4 is 5.73 Å². The maximum atomic E-state index is 5.50. The van der Waals surface area contributed by atoms with Gasteiger partial charge in [0.1, 0.15) is 0 Å². The average molecular weight is 298 g/mol. The van der Waals surface area contributed by atoms with E-state index in [1.54, 1.807) is 0 Å². The summed E-state index contributed by atoms with van der Waals surface area (Å²) < 4.78 is 2.24. The molecule has 0 aliphatic rings. The van der Waals surface area contributed by atoms with E-state index in [1.807, 2.05) is 18.2 Å². The van der Waals surface area contributed by atoms with Crippen molar-refractivity contribution in [2.24, 2.45) is 0 Å². The molecule has 0 amide bonds. The predicted molar refractivity (Wildman–Crippen MR) is 51.3 cm³/mol. The summed E-state index contributed by atoms with van der Waals surface area (Å²) in [7, 11) is 0. The van der Waals surface area contributed by atoms with Crippen molar-refractivity contribution in [3.63, 3.8) is 0 Å². The second kappa shape index (κ2) is 2.88. The quantitative estimate of drug-likeness (QED) is 0.578. The molecule has 0 unspecified atom stereocenters. The van der Waals surface area contributed by atoms with Crippen molar-refractivity contribution < 1.29 is 0 Å². The third-order valence-corrected chi connectivity index (χ3v) is 3.27. The summed E-state index contributed by atoms with van der Waals surface area (Å²) in [6.07, 6.45) is 0. The first-order chi connectivity index (χ1) is 4.20. The largest absolute Gasteiger partial charge is 0.399 e. The van der Waals surface area contributed by atoms with E-state index in [-0.39, 0.29) is 0 Å². The first-order valence-electron chi connectivity index (χ1n) is 2.40. The van der Waals surface area contributed by atoms with Crippen molar-refractivity contribution in [3.8, 4) is 0 Å². The molecular formula is C6H5BrIN. The molecule has 3 heteroatoms. The molecule has 0 saturated carbocycles. The monoisotopic (exact) mass is 297 g/mol. The Bertz CT molecular complexity index is 224. The fourth-order valence-electron chi connectivity index (χ4n) is 0.512. The number of benzene rings is 1. The van der Waals surface area contributed by atoms with Gasteiger partial charge in [0.05, 0.1) is 0 Å². The zero-order valence-electron chi connectivity index (χ0n) is 4.57. The van der Waals surface area contributed by atoms with Crippen molar-refractivity contribution in [1.29, 1.82) is 0 Å². The molecule has 0 atom stereocenters. The highest BCUT2D eigenvalue weighted by Gasteiger charge is 1.93. The number of rotatable bonds is 0. The molecule has 48 valence electrons. The highest BCUT2D eigenvalue weighted by molar-refractivity contribution is 14.1. The number of anilines is 1. The van der Waals surface area contributed by atoms with E-state index in [0.29, 0.717) is 0 Å². The van der Waals surface area contributed by atoms with E-state index in [0.717, 1.165) is 13.7 Å². The topological polar surface area (TPSA) is 26.0 Å². The highest BCUT2D eigenvalue weighted by Crippen LogP contribution is 2.20. The van der Waals surface area contributed by atoms with Crippen LogP contribution in [0, 0.1) is 3.57 Å². The van der Waals surface area contributed by atoms with E-state index in [4.69, 9.17) is 5.73 Å². The van der Waals surface area contributed by atoms with Gasteiger partial charge in [-0.25, -0.2) is 0 Å². The first kappa shape index (κ1) is 7.34. The Hall–Kier alpha value is 0.230. The van der Waals surface area contributed by atoms with Gasteiger partial charge in [-0.3, -0.25) is 0 Å². The first-order valence-corrected chi connectivity index (χ1v) is 4.28. The molecule has 0 fully saturated rings. The molecule has 9 heavy (non-hydrogen) atoms. The van der Waals surface area contributed by atoms with E-state index < -0.39 is 0 Å². The number of nitrogen functional groups attached to an aromatic ring is 1. The smallest absolute Gasteiger partial charge is 0.0325 e. The minimum Gasteiger partial charge on any atom is -0.399 e. The van der Waals surface area contributed by atoms with Crippen LogP contribution in [0.1, 0.15) is 0 Å². The summed E-state index contributed by atoms with van der Waals surface area (Å²) in [5, 5.41) is 0. The lowest BCUT2D eigenvalue weighted by Gasteiger charge is -1.95. The SMILES string of the molecule is Nc1ccc(Br)c(I)c1. The van der Waals surface area contributed by atoms with E-state index in [2.05, 4.69) is 38.5 Å². The van der Waals surface area contributed by atoms with Crippen LogP contribution in [0.3, 0.4) is 0 Å². The maximum absolute atomic E-state index is 5.50. The van der Waals surface area contributed by atoms with Crippen molar-refractivity contribution in [3.05, 3.63) is 26.2 Å². The molecule has 0 aliphatic carbocycles. The molecule has 0 bridgehead atoms. The predicted octanol–water partition coefficient (Wildman–Crippen LogP) is 2.64. The summed E-state index contributed by atoms with van der Waals surface area (Å²) in [6, 6.07) is 5.73. The Morgan fingerprint density at radius 3 is 2.56 bits per heavy atom. The molecule has 1 aromatic rings. The second-order valence-corrected chi connectivity index (χ2v) is 3.69. The Morgan fingerprint density at radius 2 is 2.11 bits per heavy atom. The van der Waals surface area contributed by atoms with E-state index in [1.165, 1.54) is 0 Å². The average Bonchev–Trinajstić information content (AvgIpc) is 1.80. The fraction of sp³-hybridized carbons (Fsp3) is 0. The van der Waals surface area contributed by atoms with Gasteiger partial charge < -0.3 is 5.73 Å². The fourth-order valence-corrected chi connectivity index (χ4v) is 1.30. The molecule has 0 heterocycles. The standard InChI is InChI=1S/C6H5BrIN/c7-5-2-1-4(9)3-6(5)8/h1-3H,9H2. The van der Waals surface area contributed by atoms with Crippen molar-refractivity contribution in [1.82, 2.24) is 0 Å². The van der Waals surface area contributed by atoms with Crippen molar-refractivity contribution in [2.45, 2.75) is 0 Å². The van der Waals surface area contributed by atoms with Gasteiger partial charge in [-0.15, -0.1) is 0 Å². The van der Waals surface area contributed by atoms with Crippen LogP contribution in [0.15, 0.2) is 22.7 Å². The van der Waals surface area contributed by atoms with Crippen LogP contribution >= 0.6 is 38.5 Å². The Morgan fingerprint density at radius 1 is 1.44 bits per heavy atom. The molecule has 2 N–H and O–H groups in total.